The molecule has 1 saturated carbocycles. The quantitative estimate of drug-likeness (QED) is 0.885. The number of carbonyl (C=O) groups is 1. The van der Waals surface area contributed by atoms with Crippen LogP contribution in [0.5, 0.6) is 0 Å². The molecule has 138 valence electrons. The number of rotatable bonds is 4. The van der Waals surface area contributed by atoms with E-state index < -0.39 is 10.0 Å². The van der Waals surface area contributed by atoms with Crippen molar-refractivity contribution in [1.82, 2.24) is 10.1 Å². The lowest BCUT2D eigenvalue weighted by Crippen LogP contribution is -2.30. The summed E-state index contributed by atoms with van der Waals surface area (Å²) in [5, 5.41) is 3.81. The number of hydrogen-bond acceptors (Lipinski definition) is 5. The summed E-state index contributed by atoms with van der Waals surface area (Å²) in [7, 11) is -3.73. The summed E-state index contributed by atoms with van der Waals surface area (Å²) in [4.78, 5) is 13.6. The van der Waals surface area contributed by atoms with Gasteiger partial charge in [-0.15, -0.1) is 0 Å². The van der Waals surface area contributed by atoms with Crippen molar-refractivity contribution in [2.24, 2.45) is 0 Å². The lowest BCUT2D eigenvalue weighted by molar-refractivity contribution is -0.128. The van der Waals surface area contributed by atoms with Crippen molar-refractivity contribution in [2.75, 3.05) is 17.8 Å². The highest BCUT2D eigenvalue weighted by atomic mass is 32.2. The van der Waals surface area contributed by atoms with Crippen molar-refractivity contribution in [3.05, 3.63) is 41.2 Å². The van der Waals surface area contributed by atoms with Crippen molar-refractivity contribution in [1.29, 1.82) is 0 Å². The van der Waals surface area contributed by atoms with Gasteiger partial charge in [0.2, 0.25) is 5.91 Å². The van der Waals surface area contributed by atoms with Crippen molar-refractivity contribution in [3.63, 3.8) is 0 Å². The molecule has 1 amide bonds. The molecule has 2 heterocycles. The summed E-state index contributed by atoms with van der Waals surface area (Å²) in [6.07, 6.45) is 3.50. The second kappa shape index (κ2) is 6.42. The fourth-order valence-corrected chi connectivity index (χ4v) is 4.31. The molecule has 0 unspecified atom stereocenters. The van der Waals surface area contributed by atoms with E-state index >= 15 is 0 Å². The van der Waals surface area contributed by atoms with Crippen LogP contribution in [0.4, 0.5) is 5.82 Å². The van der Waals surface area contributed by atoms with Crippen LogP contribution < -0.4 is 4.72 Å². The van der Waals surface area contributed by atoms with Gasteiger partial charge < -0.3 is 9.42 Å². The summed E-state index contributed by atoms with van der Waals surface area (Å²) in [6, 6.07) is 6.80. The fourth-order valence-electron chi connectivity index (χ4n) is 3.28. The molecular formula is C18H21N3O4S. The minimum absolute atomic E-state index is 0.0461. The lowest BCUT2D eigenvalue weighted by atomic mass is 10.0. The van der Waals surface area contributed by atoms with Gasteiger partial charge in [-0.3, -0.25) is 9.52 Å². The number of amides is 1. The Bertz CT molecular complexity index is 947. The van der Waals surface area contributed by atoms with E-state index in [0.29, 0.717) is 25.4 Å². The number of carbonyl (C=O) groups excluding carboxylic acids is 1. The number of aromatic nitrogens is 1. The smallest absolute Gasteiger partial charge is 0.263 e. The molecule has 0 saturated heterocycles. The summed E-state index contributed by atoms with van der Waals surface area (Å²) in [6.45, 7) is 2.83. The molecule has 1 aromatic carbocycles. The Morgan fingerprint density at radius 1 is 1.19 bits per heavy atom. The van der Waals surface area contributed by atoms with Crippen LogP contribution in [0.3, 0.4) is 0 Å². The Morgan fingerprint density at radius 3 is 2.62 bits per heavy atom. The highest BCUT2D eigenvalue weighted by molar-refractivity contribution is 7.92. The van der Waals surface area contributed by atoms with Crippen LogP contribution in [0.25, 0.3) is 0 Å². The summed E-state index contributed by atoms with van der Waals surface area (Å²) < 4.78 is 33.1. The van der Waals surface area contributed by atoms with Gasteiger partial charge in [-0.25, -0.2) is 8.42 Å². The van der Waals surface area contributed by atoms with Gasteiger partial charge in [0.1, 0.15) is 5.76 Å². The molecule has 1 aromatic heterocycles. The van der Waals surface area contributed by atoms with Gasteiger partial charge in [0.05, 0.1) is 4.90 Å². The van der Waals surface area contributed by atoms with E-state index in [4.69, 9.17) is 4.52 Å². The van der Waals surface area contributed by atoms with E-state index in [9.17, 15) is 13.2 Å². The molecule has 0 radical (unpaired) electrons. The molecule has 2 aliphatic rings. The number of anilines is 1. The van der Waals surface area contributed by atoms with Gasteiger partial charge in [-0.05, 0) is 48.9 Å². The topological polar surface area (TPSA) is 92.5 Å². The normalized spacial score (nSPS) is 17.5. The molecule has 1 aliphatic carbocycles. The minimum atomic E-state index is -3.73. The number of benzene rings is 1. The standard InChI is InChI=1S/C18H21N3O4S/c1-12(22)21-8-6-13-4-5-16(10-15(13)7-9-21)26(23,24)20-18-11-17(25-19-18)14-2-3-14/h4-5,10-11,14H,2-3,6-9H2,1H3,(H,19,20). The van der Waals surface area contributed by atoms with Crippen LogP contribution in [0.1, 0.15) is 42.6 Å². The Hall–Kier alpha value is -2.35. The molecule has 0 atom stereocenters. The van der Waals surface area contributed by atoms with Crippen molar-refractivity contribution in [2.45, 2.75) is 43.4 Å². The molecule has 1 N–H and O–H groups in total. The predicted octanol–water partition coefficient (Wildman–Crippen LogP) is 2.30. The van der Waals surface area contributed by atoms with Gasteiger partial charge in [0, 0.05) is 32.0 Å². The van der Waals surface area contributed by atoms with Crippen LogP contribution in [0, 0.1) is 0 Å². The molecule has 0 bridgehead atoms. The predicted molar refractivity (Wildman–Crippen MR) is 95.4 cm³/mol. The molecule has 26 heavy (non-hydrogen) atoms. The second-order valence-electron chi connectivity index (χ2n) is 6.93. The first-order valence-electron chi connectivity index (χ1n) is 8.79. The highest BCUT2D eigenvalue weighted by Crippen LogP contribution is 2.40. The first-order chi connectivity index (χ1) is 12.4. The first-order valence-corrected chi connectivity index (χ1v) is 10.3. The van der Waals surface area contributed by atoms with Gasteiger partial charge in [-0.1, -0.05) is 11.2 Å². The molecule has 4 rings (SSSR count). The SMILES string of the molecule is CC(=O)N1CCc2ccc(S(=O)(=O)Nc3cc(C4CC4)on3)cc2CC1. The van der Waals surface area contributed by atoms with Crippen molar-refractivity contribution >= 4 is 21.7 Å². The Kier molecular flexibility index (Phi) is 4.22. The third-order valence-corrected chi connectivity index (χ3v) is 6.33. The number of hydrogen-bond donors (Lipinski definition) is 1. The maximum absolute atomic E-state index is 12.7. The van der Waals surface area contributed by atoms with Crippen LogP contribution in [-0.4, -0.2) is 37.5 Å². The Balaban J connectivity index is 1.54. The first kappa shape index (κ1) is 17.1. The van der Waals surface area contributed by atoms with E-state index in [1.54, 1.807) is 30.0 Å². The zero-order chi connectivity index (χ0) is 18.3. The maximum Gasteiger partial charge on any atom is 0.263 e. The van der Waals surface area contributed by atoms with Gasteiger partial charge in [0.15, 0.2) is 5.82 Å². The lowest BCUT2D eigenvalue weighted by Gasteiger charge is -2.17. The maximum atomic E-state index is 12.7. The third kappa shape index (κ3) is 3.46. The van der Waals surface area contributed by atoms with E-state index in [-0.39, 0.29) is 16.6 Å². The summed E-state index contributed by atoms with van der Waals surface area (Å²) >= 11 is 0. The van der Waals surface area contributed by atoms with Crippen molar-refractivity contribution < 1.29 is 17.7 Å². The molecule has 0 spiro atoms. The molecular weight excluding hydrogens is 354 g/mol. The van der Waals surface area contributed by atoms with Gasteiger partial charge >= 0.3 is 0 Å². The van der Waals surface area contributed by atoms with Crippen LogP contribution >= 0.6 is 0 Å². The molecule has 1 fully saturated rings. The zero-order valence-corrected chi connectivity index (χ0v) is 15.4. The molecule has 1 aliphatic heterocycles. The van der Waals surface area contributed by atoms with E-state index in [1.807, 2.05) is 6.07 Å². The van der Waals surface area contributed by atoms with E-state index in [2.05, 4.69) is 9.88 Å². The van der Waals surface area contributed by atoms with Crippen LogP contribution in [-0.2, 0) is 27.7 Å². The number of sulfonamides is 1. The van der Waals surface area contributed by atoms with Crippen LogP contribution in [0.2, 0.25) is 0 Å². The zero-order valence-electron chi connectivity index (χ0n) is 14.6. The average Bonchev–Trinajstić information content (AvgIpc) is 3.38. The van der Waals surface area contributed by atoms with Gasteiger partial charge in [0.25, 0.3) is 10.0 Å². The summed E-state index contributed by atoms with van der Waals surface area (Å²) in [5.41, 5.74) is 2.06. The monoisotopic (exact) mass is 375 g/mol. The molecule has 7 nitrogen and oxygen atoms in total. The Morgan fingerprint density at radius 2 is 1.92 bits per heavy atom. The second-order valence-corrected chi connectivity index (χ2v) is 8.61. The van der Waals surface area contributed by atoms with Crippen molar-refractivity contribution in [3.8, 4) is 0 Å². The molecule has 8 heteroatoms. The van der Waals surface area contributed by atoms with Gasteiger partial charge in [-0.2, -0.15) is 0 Å². The van der Waals surface area contributed by atoms with E-state index in [1.165, 1.54) is 0 Å². The third-order valence-electron chi connectivity index (χ3n) is 4.98. The highest BCUT2D eigenvalue weighted by Gasteiger charge is 2.29. The summed E-state index contributed by atoms with van der Waals surface area (Å²) in [5.74, 6) is 1.36. The Labute approximate surface area is 152 Å². The number of nitrogens with one attached hydrogen (secondary N) is 1. The number of fused-ring (bicyclic) bond motifs is 1. The van der Waals surface area contributed by atoms with Crippen LogP contribution in [0.15, 0.2) is 33.7 Å². The average molecular weight is 375 g/mol. The minimum Gasteiger partial charge on any atom is -0.359 e. The number of nitrogens with zero attached hydrogens (tertiary/aromatic N) is 2. The molecule has 2 aromatic rings. The largest absolute Gasteiger partial charge is 0.359 e. The fraction of sp³-hybridized carbons (Fsp3) is 0.444. The van der Waals surface area contributed by atoms with E-state index in [0.717, 1.165) is 36.1 Å².